The number of hydrogen-bond acceptors (Lipinski definition) is 4. The highest BCUT2D eigenvalue weighted by molar-refractivity contribution is 7.07. The molecule has 1 aliphatic heterocycles. The summed E-state index contributed by atoms with van der Waals surface area (Å²) in [4.78, 5) is 30.5. The van der Waals surface area contributed by atoms with E-state index in [2.05, 4.69) is 17.1 Å². The number of rotatable bonds is 3. The lowest BCUT2D eigenvalue weighted by Gasteiger charge is -2.38. The van der Waals surface area contributed by atoms with E-state index in [1.165, 1.54) is 16.9 Å². The second-order valence-corrected chi connectivity index (χ2v) is 7.82. The molecule has 0 bridgehead atoms. The number of nitrogens with zero attached hydrogens (tertiary/aromatic N) is 2. The van der Waals surface area contributed by atoms with Crippen molar-refractivity contribution in [2.24, 2.45) is 11.3 Å². The van der Waals surface area contributed by atoms with Crippen LogP contribution in [0.3, 0.4) is 0 Å². The van der Waals surface area contributed by atoms with Crippen LogP contribution < -0.4 is 0 Å². The summed E-state index contributed by atoms with van der Waals surface area (Å²) in [6, 6.07) is 10.3. The van der Waals surface area contributed by atoms with Crippen LogP contribution in [0.2, 0.25) is 0 Å². The Balaban J connectivity index is 1.58. The van der Waals surface area contributed by atoms with Gasteiger partial charge in [0, 0.05) is 18.5 Å². The smallest absolute Gasteiger partial charge is 0.311 e. The summed E-state index contributed by atoms with van der Waals surface area (Å²) in [6.45, 7) is 0.802. The van der Waals surface area contributed by atoms with Crippen LogP contribution in [0.1, 0.15) is 41.2 Å². The van der Waals surface area contributed by atoms with E-state index in [0.717, 1.165) is 12.8 Å². The Kier molecular flexibility index (Phi) is 4.07. The Labute approximate surface area is 150 Å². The maximum atomic E-state index is 12.6. The van der Waals surface area contributed by atoms with Gasteiger partial charge in [0.1, 0.15) is 5.69 Å². The highest BCUT2D eigenvalue weighted by atomic mass is 32.1. The Morgan fingerprint density at radius 3 is 2.76 bits per heavy atom. The van der Waals surface area contributed by atoms with Crippen molar-refractivity contribution in [3.63, 3.8) is 0 Å². The molecule has 1 N–H and O–H groups in total. The summed E-state index contributed by atoms with van der Waals surface area (Å²) < 4.78 is 0. The van der Waals surface area contributed by atoms with Crippen LogP contribution in [0.15, 0.2) is 41.2 Å². The van der Waals surface area contributed by atoms with Crippen molar-refractivity contribution < 1.29 is 14.7 Å². The van der Waals surface area contributed by atoms with Gasteiger partial charge in [-0.2, -0.15) is 0 Å². The third kappa shape index (κ3) is 2.74. The quantitative estimate of drug-likeness (QED) is 0.916. The number of carboxylic acids is 1. The summed E-state index contributed by atoms with van der Waals surface area (Å²) >= 11 is 1.38. The zero-order chi connectivity index (χ0) is 17.4. The van der Waals surface area contributed by atoms with Crippen molar-refractivity contribution in [1.29, 1.82) is 0 Å². The van der Waals surface area contributed by atoms with E-state index in [1.807, 2.05) is 18.2 Å². The maximum Gasteiger partial charge on any atom is 0.311 e. The first-order valence-electron chi connectivity index (χ1n) is 8.56. The molecule has 2 aromatic rings. The number of amides is 1. The molecule has 1 aromatic carbocycles. The standard InChI is InChI=1S/C19H20N2O3S/c22-17(16-10-25-12-20-16)21-9-15-8-14(13-4-2-1-3-5-13)6-7-19(15,11-21)18(23)24/h1-5,10,12,14-15H,6-9,11H2,(H,23,24)/t14-,15-,19-/m0/s1. The third-order valence-electron chi connectivity index (χ3n) is 5.84. The Morgan fingerprint density at radius 1 is 1.28 bits per heavy atom. The number of aliphatic carboxylic acids is 1. The highest BCUT2D eigenvalue weighted by Crippen LogP contribution is 2.51. The number of fused-ring (bicyclic) bond motifs is 1. The minimum Gasteiger partial charge on any atom is -0.481 e. The predicted octanol–water partition coefficient (Wildman–Crippen LogP) is 3.25. The zero-order valence-corrected chi connectivity index (χ0v) is 14.6. The second kappa shape index (κ2) is 6.26. The van der Waals surface area contributed by atoms with Gasteiger partial charge in [-0.05, 0) is 36.7 Å². The van der Waals surface area contributed by atoms with Crippen LogP contribution in [-0.2, 0) is 4.79 Å². The molecule has 2 aliphatic rings. The van der Waals surface area contributed by atoms with Crippen LogP contribution in [0.5, 0.6) is 0 Å². The number of thiazole rings is 1. The van der Waals surface area contributed by atoms with Gasteiger partial charge >= 0.3 is 5.97 Å². The first kappa shape index (κ1) is 16.3. The number of benzene rings is 1. The Bertz CT molecular complexity index is 777. The minimum atomic E-state index is -0.809. The van der Waals surface area contributed by atoms with E-state index in [0.29, 0.717) is 31.1 Å². The lowest BCUT2D eigenvalue weighted by molar-refractivity contribution is -0.152. The number of carboxylic acid groups (broad SMARTS) is 1. The van der Waals surface area contributed by atoms with Crippen LogP contribution in [0.25, 0.3) is 0 Å². The largest absolute Gasteiger partial charge is 0.481 e. The third-order valence-corrected chi connectivity index (χ3v) is 6.43. The maximum absolute atomic E-state index is 12.6. The van der Waals surface area contributed by atoms with Crippen molar-refractivity contribution in [3.8, 4) is 0 Å². The molecule has 25 heavy (non-hydrogen) atoms. The summed E-state index contributed by atoms with van der Waals surface area (Å²) in [5, 5.41) is 11.7. The van der Waals surface area contributed by atoms with E-state index in [4.69, 9.17) is 0 Å². The molecule has 4 rings (SSSR count). The van der Waals surface area contributed by atoms with Crippen LogP contribution in [0, 0.1) is 11.3 Å². The molecular weight excluding hydrogens is 336 g/mol. The normalized spacial score (nSPS) is 28.6. The van der Waals surface area contributed by atoms with Gasteiger partial charge in [0.15, 0.2) is 0 Å². The molecule has 1 saturated heterocycles. The van der Waals surface area contributed by atoms with E-state index < -0.39 is 11.4 Å². The summed E-state index contributed by atoms with van der Waals surface area (Å²) in [6.07, 6.45) is 2.29. The predicted molar refractivity (Wildman–Crippen MR) is 94.6 cm³/mol. The molecule has 1 aromatic heterocycles. The minimum absolute atomic E-state index is 0.00783. The van der Waals surface area contributed by atoms with E-state index in [1.54, 1.807) is 15.8 Å². The van der Waals surface area contributed by atoms with E-state index >= 15 is 0 Å². The Hall–Kier alpha value is -2.21. The van der Waals surface area contributed by atoms with Crippen molar-refractivity contribution in [1.82, 2.24) is 9.88 Å². The molecule has 130 valence electrons. The molecule has 2 fully saturated rings. The molecule has 0 spiro atoms. The molecular formula is C19H20N2O3S. The topological polar surface area (TPSA) is 70.5 Å². The first-order chi connectivity index (χ1) is 12.1. The van der Waals surface area contributed by atoms with Crippen molar-refractivity contribution >= 4 is 23.2 Å². The van der Waals surface area contributed by atoms with Crippen molar-refractivity contribution in [2.75, 3.05) is 13.1 Å². The number of likely N-dealkylation sites (tertiary alicyclic amines) is 1. The fourth-order valence-electron chi connectivity index (χ4n) is 4.46. The molecule has 1 saturated carbocycles. The summed E-state index contributed by atoms with van der Waals surface area (Å²) in [7, 11) is 0. The van der Waals surface area contributed by atoms with Gasteiger partial charge in [-0.25, -0.2) is 4.98 Å². The van der Waals surface area contributed by atoms with Crippen molar-refractivity contribution in [2.45, 2.75) is 25.2 Å². The number of carbonyl (C=O) groups excluding carboxylic acids is 1. The van der Waals surface area contributed by atoms with Crippen LogP contribution in [0.4, 0.5) is 0 Å². The zero-order valence-electron chi connectivity index (χ0n) is 13.8. The fourth-order valence-corrected chi connectivity index (χ4v) is 4.99. The average Bonchev–Trinajstić information content (AvgIpc) is 3.29. The molecule has 1 amide bonds. The van der Waals surface area contributed by atoms with Crippen LogP contribution >= 0.6 is 11.3 Å². The molecule has 6 heteroatoms. The number of hydrogen-bond donors (Lipinski definition) is 1. The van der Waals surface area contributed by atoms with E-state index in [-0.39, 0.29) is 11.8 Å². The van der Waals surface area contributed by atoms with Gasteiger partial charge in [0.05, 0.1) is 10.9 Å². The lowest BCUT2D eigenvalue weighted by Crippen LogP contribution is -2.43. The van der Waals surface area contributed by atoms with Gasteiger partial charge in [-0.15, -0.1) is 11.3 Å². The molecule has 0 radical (unpaired) electrons. The highest BCUT2D eigenvalue weighted by Gasteiger charge is 2.56. The second-order valence-electron chi connectivity index (χ2n) is 7.10. The van der Waals surface area contributed by atoms with Gasteiger partial charge in [-0.3, -0.25) is 9.59 Å². The summed E-state index contributed by atoms with van der Waals surface area (Å²) in [5.74, 6) is -0.551. The molecule has 2 heterocycles. The first-order valence-corrected chi connectivity index (χ1v) is 9.50. The molecule has 3 atom stereocenters. The van der Waals surface area contributed by atoms with Gasteiger partial charge in [-0.1, -0.05) is 30.3 Å². The van der Waals surface area contributed by atoms with Gasteiger partial charge in [0.25, 0.3) is 5.91 Å². The monoisotopic (exact) mass is 356 g/mol. The molecule has 5 nitrogen and oxygen atoms in total. The van der Waals surface area contributed by atoms with Gasteiger partial charge < -0.3 is 10.0 Å². The number of aromatic nitrogens is 1. The molecule has 1 aliphatic carbocycles. The summed E-state index contributed by atoms with van der Waals surface area (Å²) in [5.41, 5.74) is 2.51. The number of carbonyl (C=O) groups is 2. The van der Waals surface area contributed by atoms with Crippen molar-refractivity contribution in [3.05, 3.63) is 52.5 Å². The SMILES string of the molecule is O=C(c1cscn1)N1C[C@@H]2C[C@@H](c3ccccc3)CC[C@]2(C(=O)O)C1. The fraction of sp³-hybridized carbons (Fsp3) is 0.421. The van der Waals surface area contributed by atoms with Gasteiger partial charge in [0.2, 0.25) is 0 Å². The van der Waals surface area contributed by atoms with Crippen LogP contribution in [-0.4, -0.2) is 40.0 Å². The Morgan fingerprint density at radius 2 is 2.08 bits per heavy atom. The molecule has 0 unspecified atom stereocenters. The average molecular weight is 356 g/mol. The van der Waals surface area contributed by atoms with E-state index in [9.17, 15) is 14.7 Å². The lowest BCUT2D eigenvalue weighted by atomic mass is 9.64.